The number of ether oxygens (including phenoxy) is 1. The minimum Gasteiger partial charge on any atom is -0.461 e. The molecule has 33 heavy (non-hydrogen) atoms. The zero-order valence-electron chi connectivity index (χ0n) is 22.0. The molecule has 3 saturated carbocycles. The van der Waals surface area contributed by atoms with Crippen LogP contribution in [-0.4, -0.2) is 17.4 Å². The molecule has 0 bridgehead atoms. The normalized spacial score (nSPS) is 41.4. The fourth-order valence-electron chi connectivity index (χ4n) is 8.97. The molecule has 2 nitrogen and oxygen atoms in total. The van der Waals surface area contributed by atoms with E-state index in [1.54, 1.807) is 5.57 Å². The van der Waals surface area contributed by atoms with Crippen LogP contribution in [0.4, 0.5) is 0 Å². The van der Waals surface area contributed by atoms with E-state index in [0.29, 0.717) is 16.2 Å². The van der Waals surface area contributed by atoms with E-state index in [0.717, 1.165) is 48.3 Å². The highest BCUT2D eigenvalue weighted by Crippen LogP contribution is 2.64. The van der Waals surface area contributed by atoms with Gasteiger partial charge in [-0.3, -0.25) is 4.79 Å². The molecule has 3 heteroatoms. The van der Waals surface area contributed by atoms with E-state index in [1.807, 2.05) is 0 Å². The van der Waals surface area contributed by atoms with Crippen LogP contribution in [0.15, 0.2) is 11.6 Å². The summed E-state index contributed by atoms with van der Waals surface area (Å²) in [4.78, 5) is 11.8. The van der Waals surface area contributed by atoms with Gasteiger partial charge in [0.25, 0.3) is 0 Å². The number of carbonyl (C=O) groups is 1. The molecule has 4 aliphatic carbocycles. The molecule has 0 aromatic rings. The van der Waals surface area contributed by atoms with Crippen LogP contribution < -0.4 is 0 Å². The maximum atomic E-state index is 11.8. The number of rotatable bonds is 7. The third kappa shape index (κ3) is 5.29. The van der Waals surface area contributed by atoms with Gasteiger partial charge in [0.1, 0.15) is 11.4 Å². The van der Waals surface area contributed by atoms with E-state index < -0.39 is 0 Å². The van der Waals surface area contributed by atoms with Gasteiger partial charge in [-0.25, -0.2) is 0 Å². The Morgan fingerprint density at radius 3 is 2.64 bits per heavy atom. The van der Waals surface area contributed by atoms with Crippen LogP contribution in [0.2, 0.25) is 0 Å². The lowest BCUT2D eigenvalue weighted by molar-refractivity contribution is -0.147. The predicted molar refractivity (Wildman–Crippen MR) is 141 cm³/mol. The van der Waals surface area contributed by atoms with E-state index >= 15 is 0 Å². The molecule has 0 heterocycles. The van der Waals surface area contributed by atoms with Crippen molar-refractivity contribution in [2.45, 2.75) is 118 Å². The van der Waals surface area contributed by atoms with Crippen LogP contribution in [0, 0.1) is 46.3 Å². The molecule has 8 atom stereocenters. The van der Waals surface area contributed by atoms with E-state index in [2.05, 4.69) is 56.6 Å². The first kappa shape index (κ1) is 25.8. The Labute approximate surface area is 212 Å². The molecular formula is C30H49BrO2. The maximum Gasteiger partial charge on any atom is 0.316 e. The SMILES string of the molecule is CC(C)CCC[C@@H](C)[C@H]1CC[C@H]2[C@@H]3CC=C4CC(OC(=O)CBr)CC[C@]4(C)CC3CC[C@]12C. The topological polar surface area (TPSA) is 26.3 Å². The standard InChI is InChI=1S/C30H49BrO2/c1-20(2)7-6-8-21(3)26-11-12-27-25-10-9-23-17-24(33-28(32)19-31)14-15-29(23,4)18-22(25)13-16-30(26,27)5/h9,20-22,24-27H,6-8,10-19H2,1-5H3/t21-,22?,24?,25-,26-,27+,29-,30-/m1/s1. The number of fused-ring (bicyclic) bond motifs is 4. The molecule has 3 fully saturated rings. The molecule has 2 unspecified atom stereocenters. The van der Waals surface area contributed by atoms with Crippen molar-refractivity contribution in [1.29, 1.82) is 0 Å². The van der Waals surface area contributed by atoms with Crippen molar-refractivity contribution < 1.29 is 9.53 Å². The van der Waals surface area contributed by atoms with Gasteiger partial charge in [-0.2, -0.15) is 0 Å². The minimum absolute atomic E-state index is 0.0855. The Morgan fingerprint density at radius 2 is 1.91 bits per heavy atom. The first-order chi connectivity index (χ1) is 15.7. The van der Waals surface area contributed by atoms with Gasteiger partial charge in [-0.1, -0.05) is 81.5 Å². The van der Waals surface area contributed by atoms with E-state index in [-0.39, 0.29) is 12.1 Å². The minimum atomic E-state index is -0.109. The van der Waals surface area contributed by atoms with Gasteiger partial charge in [0, 0.05) is 6.42 Å². The van der Waals surface area contributed by atoms with Crippen molar-refractivity contribution in [2.24, 2.45) is 46.3 Å². The van der Waals surface area contributed by atoms with Crippen LogP contribution in [0.5, 0.6) is 0 Å². The summed E-state index contributed by atoms with van der Waals surface area (Å²) in [6, 6.07) is 0. The van der Waals surface area contributed by atoms with Crippen molar-refractivity contribution in [3.05, 3.63) is 11.6 Å². The largest absolute Gasteiger partial charge is 0.461 e. The maximum absolute atomic E-state index is 11.8. The summed E-state index contributed by atoms with van der Waals surface area (Å²) in [5.41, 5.74) is 2.49. The number of halogens is 1. The van der Waals surface area contributed by atoms with Crippen LogP contribution in [-0.2, 0) is 9.53 Å². The Hall–Kier alpha value is -0.310. The highest BCUT2D eigenvalue weighted by Gasteiger charge is 2.56. The number of hydrogen-bond acceptors (Lipinski definition) is 2. The summed E-state index contributed by atoms with van der Waals surface area (Å²) < 4.78 is 5.74. The summed E-state index contributed by atoms with van der Waals surface area (Å²) in [6.07, 6.45) is 18.6. The fraction of sp³-hybridized carbons (Fsp3) is 0.900. The molecule has 188 valence electrons. The Balaban J connectivity index is 1.45. The molecule has 4 aliphatic rings. The highest BCUT2D eigenvalue weighted by atomic mass is 79.9. The highest BCUT2D eigenvalue weighted by molar-refractivity contribution is 9.09. The second kappa shape index (κ2) is 10.4. The van der Waals surface area contributed by atoms with Crippen molar-refractivity contribution in [2.75, 3.05) is 5.33 Å². The third-order valence-corrected chi connectivity index (χ3v) is 11.2. The van der Waals surface area contributed by atoms with Gasteiger partial charge in [-0.05, 0) is 97.7 Å². The van der Waals surface area contributed by atoms with Crippen LogP contribution >= 0.6 is 15.9 Å². The summed E-state index contributed by atoms with van der Waals surface area (Å²) in [5, 5.41) is 0.307. The van der Waals surface area contributed by atoms with Gasteiger partial charge in [0.2, 0.25) is 0 Å². The van der Waals surface area contributed by atoms with Crippen molar-refractivity contribution in [3.8, 4) is 0 Å². The molecule has 0 spiro atoms. The fourth-order valence-corrected chi connectivity index (χ4v) is 9.10. The Morgan fingerprint density at radius 1 is 1.12 bits per heavy atom. The van der Waals surface area contributed by atoms with E-state index in [1.165, 1.54) is 64.2 Å². The van der Waals surface area contributed by atoms with Crippen LogP contribution in [0.25, 0.3) is 0 Å². The van der Waals surface area contributed by atoms with E-state index in [4.69, 9.17) is 4.74 Å². The summed E-state index contributed by atoms with van der Waals surface area (Å²) in [7, 11) is 0. The Kier molecular flexibility index (Phi) is 8.09. The first-order valence-electron chi connectivity index (χ1n) is 14.1. The number of allylic oxidation sites excluding steroid dienone is 1. The zero-order valence-corrected chi connectivity index (χ0v) is 23.6. The van der Waals surface area contributed by atoms with Gasteiger partial charge in [0.05, 0.1) is 0 Å². The quantitative estimate of drug-likeness (QED) is 0.190. The molecule has 0 saturated heterocycles. The average Bonchev–Trinajstić information content (AvgIpc) is 3.04. The second-order valence-electron chi connectivity index (χ2n) is 13.3. The molecule has 0 amide bonds. The van der Waals surface area contributed by atoms with Crippen molar-refractivity contribution >= 4 is 21.9 Å². The zero-order chi connectivity index (χ0) is 23.8. The molecule has 0 aliphatic heterocycles. The lowest BCUT2D eigenvalue weighted by Crippen LogP contribution is -2.43. The number of carbonyl (C=O) groups excluding carboxylic acids is 1. The predicted octanol–water partition coefficient (Wildman–Crippen LogP) is 8.72. The summed E-state index contributed by atoms with van der Waals surface area (Å²) in [5.74, 6) is 5.21. The average molecular weight is 522 g/mol. The molecule has 0 N–H and O–H groups in total. The monoisotopic (exact) mass is 520 g/mol. The second-order valence-corrected chi connectivity index (χ2v) is 13.8. The van der Waals surface area contributed by atoms with Gasteiger partial charge in [-0.15, -0.1) is 0 Å². The Bertz CT molecular complexity index is 729. The third-order valence-electron chi connectivity index (χ3n) is 10.8. The number of esters is 1. The van der Waals surface area contributed by atoms with Gasteiger partial charge >= 0.3 is 5.97 Å². The smallest absolute Gasteiger partial charge is 0.316 e. The first-order valence-corrected chi connectivity index (χ1v) is 15.2. The number of alkyl halides is 1. The van der Waals surface area contributed by atoms with Crippen LogP contribution in [0.3, 0.4) is 0 Å². The van der Waals surface area contributed by atoms with E-state index in [9.17, 15) is 4.79 Å². The van der Waals surface area contributed by atoms with Gasteiger partial charge in [0.15, 0.2) is 0 Å². The molecule has 4 rings (SSSR count). The lowest BCUT2D eigenvalue weighted by Gasteiger charge is -2.51. The molecular weight excluding hydrogens is 472 g/mol. The molecule has 0 aromatic heterocycles. The van der Waals surface area contributed by atoms with Crippen molar-refractivity contribution in [1.82, 2.24) is 0 Å². The van der Waals surface area contributed by atoms with Gasteiger partial charge < -0.3 is 4.74 Å². The number of hydrogen-bond donors (Lipinski definition) is 0. The molecule has 0 radical (unpaired) electrons. The van der Waals surface area contributed by atoms with Crippen molar-refractivity contribution in [3.63, 3.8) is 0 Å². The summed E-state index contributed by atoms with van der Waals surface area (Å²) in [6.45, 7) is 12.5. The lowest BCUT2D eigenvalue weighted by atomic mass is 9.54. The summed E-state index contributed by atoms with van der Waals surface area (Å²) >= 11 is 3.25. The molecule has 0 aromatic carbocycles. The van der Waals surface area contributed by atoms with Crippen LogP contribution in [0.1, 0.15) is 112 Å².